The zero-order valence-electron chi connectivity index (χ0n) is 12.6. The van der Waals surface area contributed by atoms with Crippen molar-refractivity contribution in [2.24, 2.45) is 0 Å². The number of carbonyl (C=O) groups excluding carboxylic acids is 1. The largest absolute Gasteiger partial charge is 0.397 e. The number of likely N-dealkylation sites (N-methyl/N-ethyl adjacent to an activating group) is 1. The van der Waals surface area contributed by atoms with E-state index in [1.54, 1.807) is 11.0 Å². The van der Waals surface area contributed by atoms with Gasteiger partial charge in [0, 0.05) is 32.4 Å². The van der Waals surface area contributed by atoms with E-state index < -0.39 is 0 Å². The summed E-state index contributed by atoms with van der Waals surface area (Å²) in [4.78, 5) is 14.3. The summed E-state index contributed by atoms with van der Waals surface area (Å²) in [6.07, 6.45) is 5.33. The highest BCUT2D eigenvalue weighted by Crippen LogP contribution is 2.19. The van der Waals surface area contributed by atoms with Crippen LogP contribution >= 0.6 is 0 Å². The van der Waals surface area contributed by atoms with Crippen LogP contribution in [-0.2, 0) is 4.74 Å². The van der Waals surface area contributed by atoms with Crippen LogP contribution in [0.1, 0.15) is 49.6 Å². The second-order valence-electron chi connectivity index (χ2n) is 5.83. The van der Waals surface area contributed by atoms with Crippen LogP contribution in [0.5, 0.6) is 0 Å². The van der Waals surface area contributed by atoms with Crippen molar-refractivity contribution in [3.63, 3.8) is 0 Å². The highest BCUT2D eigenvalue weighted by molar-refractivity contribution is 5.93. The molecule has 1 aromatic heterocycles. The van der Waals surface area contributed by atoms with Crippen LogP contribution in [0.4, 0.5) is 5.69 Å². The van der Waals surface area contributed by atoms with Crippen LogP contribution in [-0.4, -0.2) is 41.7 Å². The number of nitrogen functional groups attached to an aromatic ring is 1. The van der Waals surface area contributed by atoms with Gasteiger partial charge in [-0.15, -0.1) is 0 Å². The summed E-state index contributed by atoms with van der Waals surface area (Å²) in [6.45, 7) is 5.53. The fourth-order valence-corrected chi connectivity index (χ4v) is 2.63. The molecule has 1 fully saturated rings. The molecule has 1 unspecified atom stereocenters. The summed E-state index contributed by atoms with van der Waals surface area (Å²) >= 11 is 0. The Morgan fingerprint density at radius 3 is 2.90 bits per heavy atom. The lowest BCUT2D eigenvalue weighted by Crippen LogP contribution is -2.38. The van der Waals surface area contributed by atoms with Crippen molar-refractivity contribution in [1.29, 1.82) is 0 Å². The minimum atomic E-state index is 0.00423. The monoisotopic (exact) mass is 279 g/mol. The third kappa shape index (κ3) is 3.33. The number of hydrogen-bond acceptors (Lipinski definition) is 3. The van der Waals surface area contributed by atoms with Gasteiger partial charge in [0.25, 0.3) is 5.91 Å². The van der Waals surface area contributed by atoms with E-state index in [2.05, 4.69) is 0 Å². The number of nitrogens with two attached hydrogens (primary N) is 1. The van der Waals surface area contributed by atoms with Gasteiger partial charge in [0.15, 0.2) is 0 Å². The molecule has 20 heavy (non-hydrogen) atoms. The Balaban J connectivity index is 2.06. The maximum absolute atomic E-state index is 12.6. The molecule has 1 aliphatic heterocycles. The van der Waals surface area contributed by atoms with E-state index in [4.69, 9.17) is 10.5 Å². The molecule has 0 bridgehead atoms. The van der Waals surface area contributed by atoms with E-state index >= 15 is 0 Å². The number of hydrogen-bond donors (Lipinski definition) is 1. The maximum Gasteiger partial charge on any atom is 0.270 e. The highest BCUT2D eigenvalue weighted by atomic mass is 16.5. The summed E-state index contributed by atoms with van der Waals surface area (Å²) in [5.41, 5.74) is 7.10. The van der Waals surface area contributed by atoms with Crippen molar-refractivity contribution in [3.05, 3.63) is 18.0 Å². The number of carbonyl (C=O) groups is 1. The summed E-state index contributed by atoms with van der Waals surface area (Å²) in [5.74, 6) is 0.00423. The van der Waals surface area contributed by atoms with Gasteiger partial charge in [-0.2, -0.15) is 0 Å². The van der Waals surface area contributed by atoms with Crippen molar-refractivity contribution in [2.45, 2.75) is 45.3 Å². The first kappa shape index (κ1) is 14.9. The Labute approximate surface area is 120 Å². The predicted molar refractivity (Wildman–Crippen MR) is 79.8 cm³/mol. The quantitative estimate of drug-likeness (QED) is 0.920. The number of amides is 1. The number of rotatable bonds is 4. The second kappa shape index (κ2) is 6.31. The Morgan fingerprint density at radius 1 is 1.55 bits per heavy atom. The van der Waals surface area contributed by atoms with Crippen molar-refractivity contribution in [2.75, 3.05) is 25.9 Å². The van der Waals surface area contributed by atoms with E-state index in [0.717, 1.165) is 19.4 Å². The highest BCUT2D eigenvalue weighted by Gasteiger charge is 2.22. The van der Waals surface area contributed by atoms with Crippen molar-refractivity contribution >= 4 is 11.6 Å². The molecule has 2 N–H and O–H groups in total. The number of aromatic nitrogens is 1. The zero-order chi connectivity index (χ0) is 14.7. The zero-order valence-corrected chi connectivity index (χ0v) is 12.6. The Hall–Kier alpha value is -1.49. The number of anilines is 1. The van der Waals surface area contributed by atoms with Crippen LogP contribution in [0, 0.1) is 0 Å². The molecule has 0 saturated carbocycles. The lowest BCUT2D eigenvalue weighted by molar-refractivity contribution is -0.000392. The molecule has 2 rings (SSSR count). The van der Waals surface area contributed by atoms with E-state index in [-0.39, 0.29) is 18.1 Å². The summed E-state index contributed by atoms with van der Waals surface area (Å²) in [6, 6.07) is 1.96. The first-order valence-electron chi connectivity index (χ1n) is 7.33. The van der Waals surface area contributed by atoms with Gasteiger partial charge in [-0.25, -0.2) is 0 Å². The molecule has 0 spiro atoms. The lowest BCUT2D eigenvalue weighted by Gasteiger charge is -2.28. The molecular formula is C15H25N3O2. The van der Waals surface area contributed by atoms with Crippen molar-refractivity contribution in [3.8, 4) is 0 Å². The molecule has 1 atom stereocenters. The SMILES string of the molecule is CC(C)n1cc(N)cc1C(=O)N(C)CC1CCCCO1. The molecule has 1 aliphatic rings. The minimum Gasteiger partial charge on any atom is -0.397 e. The van der Waals surface area contributed by atoms with Gasteiger partial charge in [0.1, 0.15) is 5.69 Å². The van der Waals surface area contributed by atoms with Gasteiger partial charge in [-0.3, -0.25) is 4.79 Å². The molecule has 1 amide bonds. The molecule has 5 heteroatoms. The van der Waals surface area contributed by atoms with Crippen LogP contribution in [0.15, 0.2) is 12.3 Å². The molecule has 0 aromatic carbocycles. The van der Waals surface area contributed by atoms with Gasteiger partial charge in [-0.1, -0.05) is 0 Å². The van der Waals surface area contributed by atoms with Crippen molar-refractivity contribution in [1.82, 2.24) is 9.47 Å². The molecule has 5 nitrogen and oxygen atoms in total. The number of ether oxygens (including phenoxy) is 1. The number of nitrogens with zero attached hydrogens (tertiary/aromatic N) is 2. The molecule has 0 radical (unpaired) electrons. The van der Waals surface area contributed by atoms with E-state index in [1.807, 2.05) is 31.7 Å². The summed E-state index contributed by atoms with van der Waals surface area (Å²) < 4.78 is 7.62. The standard InChI is InChI=1S/C15H25N3O2/c1-11(2)18-9-12(16)8-14(18)15(19)17(3)10-13-6-4-5-7-20-13/h8-9,11,13H,4-7,10,16H2,1-3H3. The average Bonchev–Trinajstić information content (AvgIpc) is 2.81. The topological polar surface area (TPSA) is 60.5 Å². The summed E-state index contributed by atoms with van der Waals surface area (Å²) in [5, 5.41) is 0. The molecule has 1 saturated heterocycles. The molecule has 1 aromatic rings. The molecule has 2 heterocycles. The van der Waals surface area contributed by atoms with Gasteiger partial charge in [-0.05, 0) is 39.2 Å². The summed E-state index contributed by atoms with van der Waals surface area (Å²) in [7, 11) is 1.83. The van der Waals surface area contributed by atoms with Crippen molar-refractivity contribution < 1.29 is 9.53 Å². The smallest absolute Gasteiger partial charge is 0.270 e. The van der Waals surface area contributed by atoms with E-state index in [1.165, 1.54) is 6.42 Å². The Morgan fingerprint density at radius 2 is 2.30 bits per heavy atom. The van der Waals surface area contributed by atoms with E-state index in [0.29, 0.717) is 17.9 Å². The minimum absolute atomic E-state index is 0.00423. The predicted octanol–water partition coefficient (Wildman–Crippen LogP) is 2.29. The van der Waals surface area contributed by atoms with Gasteiger partial charge >= 0.3 is 0 Å². The van der Waals surface area contributed by atoms with Gasteiger partial charge in [0.2, 0.25) is 0 Å². The Kier molecular flexibility index (Phi) is 4.70. The molecular weight excluding hydrogens is 254 g/mol. The Bertz CT molecular complexity index is 462. The fourth-order valence-electron chi connectivity index (χ4n) is 2.63. The van der Waals surface area contributed by atoms with Crippen LogP contribution in [0.3, 0.4) is 0 Å². The molecule has 0 aliphatic carbocycles. The van der Waals surface area contributed by atoms with Crippen LogP contribution in [0.2, 0.25) is 0 Å². The van der Waals surface area contributed by atoms with Crippen LogP contribution < -0.4 is 5.73 Å². The normalized spacial score (nSPS) is 19.3. The first-order chi connectivity index (χ1) is 9.49. The first-order valence-corrected chi connectivity index (χ1v) is 7.33. The lowest BCUT2D eigenvalue weighted by atomic mass is 10.1. The fraction of sp³-hybridized carbons (Fsp3) is 0.667. The molecule has 112 valence electrons. The average molecular weight is 279 g/mol. The van der Waals surface area contributed by atoms with Gasteiger partial charge < -0.3 is 19.9 Å². The van der Waals surface area contributed by atoms with Gasteiger partial charge in [0.05, 0.1) is 11.8 Å². The third-order valence-electron chi connectivity index (χ3n) is 3.74. The second-order valence-corrected chi connectivity index (χ2v) is 5.83. The third-order valence-corrected chi connectivity index (χ3v) is 3.74. The van der Waals surface area contributed by atoms with Crippen LogP contribution in [0.25, 0.3) is 0 Å². The van der Waals surface area contributed by atoms with E-state index in [9.17, 15) is 4.79 Å². The maximum atomic E-state index is 12.6.